The monoisotopic (exact) mass is 258 g/mol. The maximum absolute atomic E-state index is 11.8. The average molecular weight is 259 g/mol. The number of nitrogens with zero attached hydrogens (tertiary/aromatic N) is 1. The predicted octanol–water partition coefficient (Wildman–Crippen LogP) is 0.785. The van der Waals surface area contributed by atoms with Gasteiger partial charge in [0.05, 0.1) is 6.61 Å². The van der Waals surface area contributed by atoms with Crippen LogP contribution >= 0.6 is 11.6 Å². The molecule has 0 spiro atoms. The van der Waals surface area contributed by atoms with Gasteiger partial charge in [-0.15, -0.1) is 0 Å². The van der Waals surface area contributed by atoms with Crippen LogP contribution in [0.3, 0.4) is 0 Å². The Bertz CT molecular complexity index is 400. The Morgan fingerprint density at radius 3 is 2.94 bits per heavy atom. The van der Waals surface area contributed by atoms with Crippen LogP contribution in [0.1, 0.15) is 17.3 Å². The Labute approximate surface area is 104 Å². The number of methoxy groups -OCH3 is 1. The van der Waals surface area contributed by atoms with E-state index in [1.807, 2.05) is 6.92 Å². The topological polar surface area (TPSA) is 89.3 Å². The molecule has 6 nitrogen and oxygen atoms in total. The van der Waals surface area contributed by atoms with Crippen molar-refractivity contribution in [3.8, 4) is 0 Å². The van der Waals surface area contributed by atoms with E-state index in [2.05, 4.69) is 15.7 Å². The van der Waals surface area contributed by atoms with Crippen LogP contribution < -0.4 is 16.6 Å². The number of hydrogen-bond acceptors (Lipinski definition) is 5. The van der Waals surface area contributed by atoms with Crippen LogP contribution in [-0.2, 0) is 4.74 Å². The number of halogens is 1. The number of rotatable bonds is 5. The third-order valence-corrected chi connectivity index (χ3v) is 2.19. The van der Waals surface area contributed by atoms with Crippen molar-refractivity contribution in [3.05, 3.63) is 22.8 Å². The van der Waals surface area contributed by atoms with E-state index in [0.717, 1.165) is 0 Å². The normalized spacial score (nSPS) is 12.0. The Kier molecular flexibility index (Phi) is 5.14. The summed E-state index contributed by atoms with van der Waals surface area (Å²) in [6, 6.07) is 2.89. The number of ether oxygens (including phenoxy) is 1. The molecule has 0 aliphatic carbocycles. The van der Waals surface area contributed by atoms with E-state index < -0.39 is 0 Å². The zero-order valence-electron chi connectivity index (χ0n) is 9.66. The van der Waals surface area contributed by atoms with Crippen molar-refractivity contribution in [1.82, 2.24) is 10.3 Å². The smallest absolute Gasteiger partial charge is 0.251 e. The van der Waals surface area contributed by atoms with E-state index in [0.29, 0.717) is 18.0 Å². The second kappa shape index (κ2) is 6.39. The molecule has 17 heavy (non-hydrogen) atoms. The summed E-state index contributed by atoms with van der Waals surface area (Å²) in [5.74, 6) is 5.29. The van der Waals surface area contributed by atoms with Gasteiger partial charge >= 0.3 is 0 Å². The van der Waals surface area contributed by atoms with Crippen molar-refractivity contribution in [2.45, 2.75) is 13.0 Å². The zero-order chi connectivity index (χ0) is 12.8. The van der Waals surface area contributed by atoms with Gasteiger partial charge in [-0.25, -0.2) is 10.8 Å². The molecule has 0 bridgehead atoms. The van der Waals surface area contributed by atoms with Crippen LogP contribution in [0, 0.1) is 0 Å². The molecule has 0 fully saturated rings. The van der Waals surface area contributed by atoms with Crippen molar-refractivity contribution in [3.63, 3.8) is 0 Å². The molecule has 0 radical (unpaired) electrons. The summed E-state index contributed by atoms with van der Waals surface area (Å²) in [6.45, 7) is 2.28. The average Bonchev–Trinajstić information content (AvgIpc) is 2.28. The molecule has 0 aromatic carbocycles. The molecule has 0 saturated carbocycles. The number of amides is 1. The lowest BCUT2D eigenvalue weighted by Gasteiger charge is -2.13. The lowest BCUT2D eigenvalue weighted by molar-refractivity contribution is 0.0905. The first kappa shape index (κ1) is 13.7. The van der Waals surface area contributed by atoms with E-state index in [4.69, 9.17) is 22.2 Å². The molecule has 0 aliphatic rings. The van der Waals surface area contributed by atoms with E-state index in [9.17, 15) is 4.79 Å². The number of carbonyl (C=O) groups excluding carboxylic acids is 1. The molecule has 1 aromatic heterocycles. The molecule has 1 heterocycles. The molecule has 1 unspecified atom stereocenters. The summed E-state index contributed by atoms with van der Waals surface area (Å²) in [6.07, 6.45) is 0. The van der Waals surface area contributed by atoms with Crippen LogP contribution in [0.2, 0.25) is 5.15 Å². The zero-order valence-corrected chi connectivity index (χ0v) is 10.4. The molecule has 4 N–H and O–H groups in total. The first-order valence-corrected chi connectivity index (χ1v) is 5.38. The minimum absolute atomic E-state index is 0.0891. The Morgan fingerprint density at radius 2 is 2.35 bits per heavy atom. The van der Waals surface area contributed by atoms with Crippen LogP contribution in [0.5, 0.6) is 0 Å². The number of nitrogens with two attached hydrogens (primary N) is 1. The summed E-state index contributed by atoms with van der Waals surface area (Å²) in [5.41, 5.74) is 2.73. The van der Waals surface area contributed by atoms with Crippen LogP contribution in [0.4, 0.5) is 5.82 Å². The molecule has 1 rings (SSSR count). The van der Waals surface area contributed by atoms with E-state index in [1.54, 1.807) is 7.11 Å². The number of hydrogen-bond donors (Lipinski definition) is 3. The number of aromatic nitrogens is 1. The van der Waals surface area contributed by atoms with E-state index in [1.165, 1.54) is 12.1 Å². The summed E-state index contributed by atoms with van der Waals surface area (Å²) in [4.78, 5) is 15.7. The fourth-order valence-electron chi connectivity index (χ4n) is 1.30. The lowest BCUT2D eigenvalue weighted by atomic mass is 10.2. The minimum atomic E-state index is -0.254. The van der Waals surface area contributed by atoms with Gasteiger partial charge in [0.1, 0.15) is 11.0 Å². The molecule has 1 atom stereocenters. The van der Waals surface area contributed by atoms with Crippen molar-refractivity contribution in [1.29, 1.82) is 0 Å². The second-order valence-corrected chi connectivity index (χ2v) is 3.93. The van der Waals surface area contributed by atoms with Gasteiger partial charge in [-0.05, 0) is 19.1 Å². The maximum Gasteiger partial charge on any atom is 0.251 e. The summed E-state index contributed by atoms with van der Waals surface area (Å²) in [7, 11) is 1.57. The summed E-state index contributed by atoms with van der Waals surface area (Å²) >= 11 is 5.76. The molecule has 0 aliphatic heterocycles. The first-order chi connectivity index (χ1) is 8.06. The van der Waals surface area contributed by atoms with Crippen molar-refractivity contribution < 1.29 is 9.53 Å². The van der Waals surface area contributed by atoms with Crippen LogP contribution in [0.25, 0.3) is 0 Å². The van der Waals surface area contributed by atoms with Crippen molar-refractivity contribution in [2.75, 3.05) is 19.1 Å². The van der Waals surface area contributed by atoms with Crippen LogP contribution in [-0.4, -0.2) is 30.6 Å². The number of nitrogens with one attached hydrogen (secondary N) is 2. The fourth-order valence-corrected chi connectivity index (χ4v) is 1.51. The maximum atomic E-state index is 11.8. The number of hydrazine groups is 1. The number of pyridine rings is 1. The standard InChI is InChI=1S/C10H15ClN4O2/c1-6(5-17-2)13-10(16)7-3-8(11)14-9(4-7)15-12/h3-4,6H,5,12H2,1-2H3,(H,13,16)(H,14,15). The van der Waals surface area contributed by atoms with E-state index in [-0.39, 0.29) is 17.1 Å². The Morgan fingerprint density at radius 1 is 1.65 bits per heavy atom. The lowest BCUT2D eigenvalue weighted by Crippen LogP contribution is -2.35. The van der Waals surface area contributed by atoms with Gasteiger partial charge in [0.2, 0.25) is 0 Å². The fraction of sp³-hybridized carbons (Fsp3) is 0.400. The minimum Gasteiger partial charge on any atom is -0.383 e. The number of carbonyl (C=O) groups is 1. The van der Waals surface area contributed by atoms with Gasteiger partial charge in [0.25, 0.3) is 5.91 Å². The third kappa shape index (κ3) is 4.18. The molecular formula is C10H15ClN4O2. The second-order valence-electron chi connectivity index (χ2n) is 3.54. The van der Waals surface area contributed by atoms with Gasteiger partial charge < -0.3 is 15.5 Å². The summed E-state index contributed by atoms with van der Waals surface area (Å²) in [5, 5.41) is 2.96. The highest BCUT2D eigenvalue weighted by Gasteiger charge is 2.11. The van der Waals surface area contributed by atoms with E-state index >= 15 is 0 Å². The van der Waals surface area contributed by atoms with Gasteiger partial charge in [-0.1, -0.05) is 11.6 Å². The Hall–Kier alpha value is -1.37. The predicted molar refractivity (Wildman–Crippen MR) is 65.9 cm³/mol. The number of nitrogen functional groups attached to an aromatic ring is 1. The Balaban J connectivity index is 2.78. The quantitative estimate of drug-likeness (QED) is 0.413. The molecule has 1 amide bonds. The van der Waals surface area contributed by atoms with Gasteiger partial charge in [0.15, 0.2) is 0 Å². The van der Waals surface area contributed by atoms with Crippen molar-refractivity contribution in [2.24, 2.45) is 5.84 Å². The number of anilines is 1. The molecular weight excluding hydrogens is 244 g/mol. The highest BCUT2D eigenvalue weighted by Crippen LogP contribution is 2.13. The van der Waals surface area contributed by atoms with Crippen molar-refractivity contribution >= 4 is 23.3 Å². The molecule has 0 saturated heterocycles. The molecule has 7 heteroatoms. The SMILES string of the molecule is COCC(C)NC(=O)c1cc(Cl)nc(NN)c1. The first-order valence-electron chi connectivity index (χ1n) is 5.00. The highest BCUT2D eigenvalue weighted by atomic mass is 35.5. The largest absolute Gasteiger partial charge is 0.383 e. The third-order valence-electron chi connectivity index (χ3n) is 2.00. The van der Waals surface area contributed by atoms with Gasteiger partial charge in [-0.2, -0.15) is 0 Å². The highest BCUT2D eigenvalue weighted by molar-refractivity contribution is 6.29. The van der Waals surface area contributed by atoms with Gasteiger partial charge in [-0.3, -0.25) is 4.79 Å². The van der Waals surface area contributed by atoms with Gasteiger partial charge in [0, 0.05) is 18.7 Å². The molecule has 94 valence electrons. The molecule has 1 aromatic rings. The van der Waals surface area contributed by atoms with Crippen LogP contribution in [0.15, 0.2) is 12.1 Å². The summed E-state index contributed by atoms with van der Waals surface area (Å²) < 4.78 is 4.92.